The summed E-state index contributed by atoms with van der Waals surface area (Å²) >= 11 is 3.50. The lowest BCUT2D eigenvalue weighted by Gasteiger charge is -2.24. The highest BCUT2D eigenvalue weighted by Crippen LogP contribution is 2.31. The minimum absolute atomic E-state index is 0.558. The van der Waals surface area contributed by atoms with Crippen molar-refractivity contribution in [2.75, 3.05) is 33.5 Å². The highest BCUT2D eigenvalue weighted by Gasteiger charge is 2.23. The zero-order chi connectivity index (χ0) is 13.1. The molecule has 104 valence electrons. The van der Waals surface area contributed by atoms with Gasteiger partial charge >= 0.3 is 0 Å². The smallest absolute Gasteiger partial charge is 0.194 e. The molecule has 0 saturated carbocycles. The molecule has 0 amide bonds. The van der Waals surface area contributed by atoms with Gasteiger partial charge in [-0.3, -0.25) is 4.40 Å². The zero-order valence-electron chi connectivity index (χ0n) is 10.8. The van der Waals surface area contributed by atoms with E-state index in [1.807, 2.05) is 11.8 Å². The predicted octanol–water partition coefficient (Wildman–Crippen LogP) is 1.62. The molecule has 0 aromatic carbocycles. The van der Waals surface area contributed by atoms with Gasteiger partial charge in [0.2, 0.25) is 0 Å². The third kappa shape index (κ3) is 2.95. The lowest BCUT2D eigenvalue weighted by molar-refractivity contribution is 0.0454. The maximum Gasteiger partial charge on any atom is 0.194 e. The summed E-state index contributed by atoms with van der Waals surface area (Å²) in [6, 6.07) is 0. The fourth-order valence-corrected chi connectivity index (χ4v) is 3.77. The van der Waals surface area contributed by atoms with Crippen molar-refractivity contribution in [2.24, 2.45) is 0 Å². The van der Waals surface area contributed by atoms with Gasteiger partial charge in [-0.1, -0.05) is 11.8 Å². The van der Waals surface area contributed by atoms with Gasteiger partial charge in [0.05, 0.1) is 30.8 Å². The Morgan fingerprint density at radius 3 is 3.26 bits per heavy atom. The van der Waals surface area contributed by atoms with Crippen LogP contribution in [0.5, 0.6) is 0 Å². The molecule has 3 heterocycles. The van der Waals surface area contributed by atoms with E-state index in [9.17, 15) is 0 Å². The molecular weight excluding hydrogens is 282 g/mol. The molecule has 1 aliphatic heterocycles. The summed E-state index contributed by atoms with van der Waals surface area (Å²) in [5.41, 5.74) is 1.24. The predicted molar refractivity (Wildman–Crippen MR) is 77.1 cm³/mol. The monoisotopic (exact) mass is 299 g/mol. The van der Waals surface area contributed by atoms with Crippen molar-refractivity contribution >= 4 is 28.1 Å². The molecule has 1 aliphatic rings. The largest absolute Gasteiger partial charge is 0.383 e. The van der Waals surface area contributed by atoms with Crippen molar-refractivity contribution in [3.8, 4) is 0 Å². The minimum Gasteiger partial charge on any atom is -0.383 e. The molecule has 19 heavy (non-hydrogen) atoms. The van der Waals surface area contributed by atoms with E-state index in [1.54, 1.807) is 18.4 Å². The number of thiazole rings is 1. The van der Waals surface area contributed by atoms with E-state index >= 15 is 0 Å². The van der Waals surface area contributed by atoms with Crippen LogP contribution in [0.4, 0.5) is 0 Å². The summed E-state index contributed by atoms with van der Waals surface area (Å²) in [5.74, 6) is 0. The Morgan fingerprint density at radius 1 is 1.63 bits per heavy atom. The zero-order valence-corrected chi connectivity index (χ0v) is 12.4. The maximum atomic E-state index is 5.23. The summed E-state index contributed by atoms with van der Waals surface area (Å²) in [6.45, 7) is 4.07. The van der Waals surface area contributed by atoms with Crippen LogP contribution in [0.1, 0.15) is 5.69 Å². The van der Waals surface area contributed by atoms with E-state index in [2.05, 4.69) is 21.3 Å². The number of fused-ring (bicyclic) bond motifs is 1. The summed E-state index contributed by atoms with van der Waals surface area (Å²) in [4.78, 5) is 5.77. The number of imidazole rings is 1. The first-order valence-electron chi connectivity index (χ1n) is 6.27. The number of hydrogen-bond donors (Lipinski definition) is 1. The Morgan fingerprint density at radius 2 is 2.53 bits per heavy atom. The van der Waals surface area contributed by atoms with Crippen LogP contribution in [0.15, 0.2) is 16.6 Å². The van der Waals surface area contributed by atoms with Gasteiger partial charge in [-0.25, -0.2) is 4.98 Å². The molecule has 0 unspecified atom stereocenters. The van der Waals surface area contributed by atoms with Crippen molar-refractivity contribution < 1.29 is 9.47 Å². The van der Waals surface area contributed by atoms with Crippen molar-refractivity contribution in [3.63, 3.8) is 0 Å². The van der Waals surface area contributed by atoms with Crippen LogP contribution in [0.2, 0.25) is 0 Å². The molecule has 3 rings (SSSR count). The first-order chi connectivity index (χ1) is 9.38. The van der Waals surface area contributed by atoms with E-state index in [1.165, 1.54) is 5.69 Å². The number of methoxy groups -OCH3 is 1. The molecule has 0 radical (unpaired) electrons. The van der Waals surface area contributed by atoms with Crippen LogP contribution in [-0.4, -0.2) is 48.1 Å². The van der Waals surface area contributed by atoms with Crippen LogP contribution >= 0.6 is 23.1 Å². The quantitative estimate of drug-likeness (QED) is 0.787. The molecule has 0 atom stereocenters. The number of nitrogens with zero attached hydrogens (tertiary/aromatic N) is 2. The van der Waals surface area contributed by atoms with E-state index in [4.69, 9.17) is 14.5 Å². The van der Waals surface area contributed by atoms with Crippen LogP contribution in [0.3, 0.4) is 0 Å². The van der Waals surface area contributed by atoms with Gasteiger partial charge in [0, 0.05) is 31.8 Å². The Kier molecular flexibility index (Phi) is 4.39. The van der Waals surface area contributed by atoms with Gasteiger partial charge in [0.1, 0.15) is 5.03 Å². The maximum absolute atomic E-state index is 5.23. The summed E-state index contributed by atoms with van der Waals surface area (Å²) in [6.07, 6.45) is 2.08. The number of nitrogens with one attached hydrogen (secondary N) is 1. The molecule has 0 aliphatic carbocycles. The van der Waals surface area contributed by atoms with Crippen molar-refractivity contribution in [1.82, 2.24) is 14.7 Å². The van der Waals surface area contributed by atoms with Crippen LogP contribution < -0.4 is 5.32 Å². The Bertz CT molecular complexity index is 536. The summed E-state index contributed by atoms with van der Waals surface area (Å²) in [5, 5.41) is 7.15. The highest BCUT2D eigenvalue weighted by atomic mass is 32.2. The number of hydrogen-bond acceptors (Lipinski definition) is 6. The van der Waals surface area contributed by atoms with Gasteiger partial charge in [-0.15, -0.1) is 11.3 Å². The van der Waals surface area contributed by atoms with E-state index in [-0.39, 0.29) is 0 Å². The molecule has 2 aromatic heterocycles. The molecule has 5 nitrogen and oxygen atoms in total. The molecule has 0 spiro atoms. The molecule has 1 N–H and O–H groups in total. The average molecular weight is 299 g/mol. The lowest BCUT2D eigenvalue weighted by Crippen LogP contribution is -2.30. The van der Waals surface area contributed by atoms with Gasteiger partial charge in [0.15, 0.2) is 4.96 Å². The SMILES string of the molecule is COCCNCc1c(SC2COC2)nc2sccn12. The van der Waals surface area contributed by atoms with Crippen molar-refractivity contribution in [3.05, 3.63) is 17.3 Å². The van der Waals surface area contributed by atoms with E-state index < -0.39 is 0 Å². The van der Waals surface area contributed by atoms with Gasteiger partial charge in [-0.2, -0.15) is 0 Å². The summed E-state index contributed by atoms with van der Waals surface area (Å²) in [7, 11) is 1.72. The number of aromatic nitrogens is 2. The fourth-order valence-electron chi connectivity index (χ4n) is 1.89. The second kappa shape index (κ2) is 6.23. The molecule has 2 aromatic rings. The first kappa shape index (κ1) is 13.4. The molecule has 0 bridgehead atoms. The summed E-state index contributed by atoms with van der Waals surface area (Å²) < 4.78 is 12.5. The third-order valence-electron chi connectivity index (χ3n) is 2.99. The molecule has 1 saturated heterocycles. The molecular formula is C12H17N3O2S2. The van der Waals surface area contributed by atoms with E-state index in [0.717, 1.165) is 42.9 Å². The first-order valence-corrected chi connectivity index (χ1v) is 8.03. The average Bonchev–Trinajstić information content (AvgIpc) is 2.91. The van der Waals surface area contributed by atoms with Crippen LogP contribution in [0, 0.1) is 0 Å². The van der Waals surface area contributed by atoms with Crippen molar-refractivity contribution in [2.45, 2.75) is 16.8 Å². The minimum atomic E-state index is 0.558. The number of thioether (sulfide) groups is 1. The lowest BCUT2D eigenvalue weighted by atomic mass is 10.4. The Balaban J connectivity index is 1.73. The molecule has 1 fully saturated rings. The standard InChI is InChI=1S/C12H17N3O2S2/c1-16-4-2-13-6-10-11(19-9-7-17-8-9)14-12-15(10)3-5-18-12/h3,5,9,13H,2,4,6-8H2,1H3. The van der Waals surface area contributed by atoms with Gasteiger partial charge < -0.3 is 14.8 Å². The second-order valence-corrected chi connectivity index (χ2v) is 6.53. The normalized spacial score (nSPS) is 16.1. The Labute approximate surface area is 120 Å². The van der Waals surface area contributed by atoms with Crippen LogP contribution in [0.25, 0.3) is 4.96 Å². The number of rotatable bonds is 7. The Hall–Kier alpha value is -0.600. The van der Waals surface area contributed by atoms with Gasteiger partial charge in [0.25, 0.3) is 0 Å². The third-order valence-corrected chi connectivity index (χ3v) is 4.90. The number of ether oxygens (including phenoxy) is 2. The van der Waals surface area contributed by atoms with Crippen LogP contribution in [-0.2, 0) is 16.0 Å². The fraction of sp³-hybridized carbons (Fsp3) is 0.583. The topological polar surface area (TPSA) is 47.8 Å². The highest BCUT2D eigenvalue weighted by molar-refractivity contribution is 8.00. The van der Waals surface area contributed by atoms with Crippen molar-refractivity contribution in [1.29, 1.82) is 0 Å². The van der Waals surface area contributed by atoms with E-state index in [0.29, 0.717) is 5.25 Å². The molecule has 7 heteroatoms. The van der Waals surface area contributed by atoms with Gasteiger partial charge in [-0.05, 0) is 0 Å². The second-order valence-electron chi connectivity index (χ2n) is 4.37.